The summed E-state index contributed by atoms with van der Waals surface area (Å²) in [5, 5.41) is 13.8. The molecule has 1 rings (SSSR count). The second-order valence-corrected chi connectivity index (χ2v) is 4.02. The fourth-order valence-electron chi connectivity index (χ4n) is 1.80. The lowest BCUT2D eigenvalue weighted by molar-refractivity contribution is -0.119. The number of nitrogens with zero attached hydrogens (tertiary/aromatic N) is 2. The third-order valence-corrected chi connectivity index (χ3v) is 2.64. The van der Waals surface area contributed by atoms with E-state index in [1.165, 1.54) is 25.9 Å². The van der Waals surface area contributed by atoms with Gasteiger partial charge in [-0.15, -0.1) is 0 Å². The van der Waals surface area contributed by atoms with Gasteiger partial charge in [0.2, 0.25) is 5.91 Å². The highest BCUT2D eigenvalue weighted by molar-refractivity contribution is 5.98. The smallest absolute Gasteiger partial charge is 0.227 e. The lowest BCUT2D eigenvalue weighted by atomic mass is 10.3. The summed E-state index contributed by atoms with van der Waals surface area (Å²) in [6, 6.07) is 0. The predicted octanol–water partition coefficient (Wildman–Crippen LogP) is -0.275. The second kappa shape index (κ2) is 7.05. The molecule has 0 aromatic heterocycles. The van der Waals surface area contributed by atoms with Crippen LogP contribution in [0.25, 0.3) is 0 Å². The number of hydrogen-bond acceptors (Lipinski definition) is 4. The molecule has 0 aromatic carbocycles. The molecule has 0 saturated carbocycles. The van der Waals surface area contributed by atoms with Crippen LogP contribution in [-0.4, -0.2) is 48.0 Å². The molecule has 92 valence electrons. The molecule has 1 aliphatic heterocycles. The Balaban J connectivity index is 1.99. The van der Waals surface area contributed by atoms with E-state index < -0.39 is 0 Å². The topological polar surface area (TPSA) is 91.0 Å². The maximum absolute atomic E-state index is 11.2. The molecular formula is C10H20N4O2. The summed E-state index contributed by atoms with van der Waals surface area (Å²) in [4.78, 5) is 13.6. The van der Waals surface area contributed by atoms with E-state index in [4.69, 9.17) is 10.9 Å². The Morgan fingerprint density at radius 2 is 2.12 bits per heavy atom. The van der Waals surface area contributed by atoms with Crippen LogP contribution in [0.1, 0.15) is 25.7 Å². The van der Waals surface area contributed by atoms with Crippen LogP contribution < -0.4 is 11.1 Å². The van der Waals surface area contributed by atoms with Crippen LogP contribution in [0, 0.1) is 0 Å². The van der Waals surface area contributed by atoms with Gasteiger partial charge < -0.3 is 21.2 Å². The van der Waals surface area contributed by atoms with Crippen LogP contribution in [0.2, 0.25) is 0 Å². The van der Waals surface area contributed by atoms with Gasteiger partial charge in [0.25, 0.3) is 0 Å². The number of nitrogens with two attached hydrogens (primary N) is 1. The highest BCUT2D eigenvalue weighted by Crippen LogP contribution is 2.06. The molecule has 0 bridgehead atoms. The van der Waals surface area contributed by atoms with Crippen molar-refractivity contribution in [2.24, 2.45) is 10.9 Å². The Morgan fingerprint density at radius 1 is 1.44 bits per heavy atom. The minimum absolute atomic E-state index is 0.0415. The maximum atomic E-state index is 11.2. The van der Waals surface area contributed by atoms with Crippen molar-refractivity contribution in [2.75, 3.05) is 26.2 Å². The largest absolute Gasteiger partial charge is 0.409 e. The van der Waals surface area contributed by atoms with Crippen LogP contribution in [-0.2, 0) is 4.79 Å². The predicted molar refractivity (Wildman–Crippen MR) is 61.3 cm³/mol. The van der Waals surface area contributed by atoms with Gasteiger partial charge in [-0.1, -0.05) is 5.16 Å². The highest BCUT2D eigenvalue weighted by Gasteiger charge is 2.10. The summed E-state index contributed by atoms with van der Waals surface area (Å²) in [5.74, 6) is -0.256. The van der Waals surface area contributed by atoms with Crippen LogP contribution >= 0.6 is 0 Å². The molecule has 0 aliphatic carbocycles. The first-order valence-electron chi connectivity index (χ1n) is 5.68. The summed E-state index contributed by atoms with van der Waals surface area (Å²) in [5.41, 5.74) is 5.21. The van der Waals surface area contributed by atoms with Gasteiger partial charge in [-0.3, -0.25) is 4.79 Å². The van der Waals surface area contributed by atoms with Gasteiger partial charge in [-0.05, 0) is 38.9 Å². The Morgan fingerprint density at radius 3 is 2.75 bits per heavy atom. The summed E-state index contributed by atoms with van der Waals surface area (Å²) in [7, 11) is 0. The number of carbonyl (C=O) groups excluding carboxylic acids is 1. The molecule has 6 heteroatoms. The van der Waals surface area contributed by atoms with E-state index in [1.807, 2.05) is 0 Å². The van der Waals surface area contributed by atoms with Crippen LogP contribution in [0.5, 0.6) is 0 Å². The normalized spacial score (nSPS) is 17.6. The van der Waals surface area contributed by atoms with E-state index in [0.717, 1.165) is 13.0 Å². The second-order valence-electron chi connectivity index (χ2n) is 4.02. The molecule has 0 spiro atoms. The molecule has 0 unspecified atom stereocenters. The molecule has 1 saturated heterocycles. The Labute approximate surface area is 95.5 Å². The van der Waals surface area contributed by atoms with Gasteiger partial charge in [0.1, 0.15) is 5.84 Å². The van der Waals surface area contributed by atoms with Crippen molar-refractivity contribution in [1.82, 2.24) is 10.2 Å². The van der Waals surface area contributed by atoms with E-state index in [9.17, 15) is 4.79 Å². The first kappa shape index (κ1) is 12.8. The van der Waals surface area contributed by atoms with Crippen molar-refractivity contribution >= 4 is 11.7 Å². The standard InChI is InChI=1S/C10H20N4O2/c11-9(13-16)8-10(15)12-4-3-7-14-5-1-2-6-14/h16H,1-8H2,(H2,11,13)(H,12,15). The number of carbonyl (C=O) groups is 1. The average Bonchev–Trinajstić information content (AvgIpc) is 2.77. The van der Waals surface area contributed by atoms with Crippen molar-refractivity contribution in [3.05, 3.63) is 0 Å². The van der Waals surface area contributed by atoms with E-state index in [-0.39, 0.29) is 18.2 Å². The van der Waals surface area contributed by atoms with Crippen molar-refractivity contribution in [2.45, 2.75) is 25.7 Å². The fraction of sp³-hybridized carbons (Fsp3) is 0.800. The number of amides is 1. The molecule has 6 nitrogen and oxygen atoms in total. The van der Waals surface area contributed by atoms with Crippen molar-refractivity contribution in [3.8, 4) is 0 Å². The van der Waals surface area contributed by atoms with Gasteiger partial charge in [0, 0.05) is 6.54 Å². The van der Waals surface area contributed by atoms with Gasteiger partial charge in [-0.2, -0.15) is 0 Å². The van der Waals surface area contributed by atoms with Crippen LogP contribution in [0.4, 0.5) is 0 Å². The minimum Gasteiger partial charge on any atom is -0.409 e. The first-order valence-corrected chi connectivity index (χ1v) is 5.68. The zero-order chi connectivity index (χ0) is 11.8. The first-order chi connectivity index (χ1) is 7.72. The Kier molecular flexibility index (Phi) is 5.63. The number of oxime groups is 1. The molecule has 1 amide bonds. The van der Waals surface area contributed by atoms with Crippen molar-refractivity contribution in [1.29, 1.82) is 0 Å². The van der Waals surface area contributed by atoms with Gasteiger partial charge in [0.05, 0.1) is 6.42 Å². The number of hydrogen-bond donors (Lipinski definition) is 3. The Bertz CT molecular complexity index is 249. The number of nitrogens with one attached hydrogen (secondary N) is 1. The zero-order valence-electron chi connectivity index (χ0n) is 9.48. The molecule has 1 heterocycles. The number of likely N-dealkylation sites (tertiary alicyclic amines) is 1. The number of amidine groups is 1. The maximum Gasteiger partial charge on any atom is 0.227 e. The lowest BCUT2D eigenvalue weighted by Gasteiger charge is -2.14. The molecule has 4 N–H and O–H groups in total. The molecule has 0 aromatic rings. The fourth-order valence-corrected chi connectivity index (χ4v) is 1.80. The summed E-state index contributed by atoms with van der Waals surface area (Å²) in [6.45, 7) is 4.04. The average molecular weight is 228 g/mol. The summed E-state index contributed by atoms with van der Waals surface area (Å²) in [6.07, 6.45) is 3.48. The minimum atomic E-state index is -0.197. The molecular weight excluding hydrogens is 208 g/mol. The van der Waals surface area contributed by atoms with Gasteiger partial charge in [-0.25, -0.2) is 0 Å². The lowest BCUT2D eigenvalue weighted by Crippen LogP contribution is -2.31. The summed E-state index contributed by atoms with van der Waals surface area (Å²) >= 11 is 0. The Hall–Kier alpha value is -1.30. The third kappa shape index (κ3) is 4.97. The van der Waals surface area contributed by atoms with E-state index in [1.54, 1.807) is 0 Å². The molecule has 0 atom stereocenters. The molecule has 0 radical (unpaired) electrons. The van der Waals surface area contributed by atoms with Gasteiger partial charge >= 0.3 is 0 Å². The quantitative estimate of drug-likeness (QED) is 0.192. The van der Waals surface area contributed by atoms with E-state index >= 15 is 0 Å². The van der Waals surface area contributed by atoms with E-state index in [2.05, 4.69) is 15.4 Å². The SMILES string of the molecule is NC(CC(=O)NCCCN1CCCC1)=NO. The molecule has 1 fully saturated rings. The van der Waals surface area contributed by atoms with Gasteiger partial charge in [0.15, 0.2) is 0 Å². The zero-order valence-corrected chi connectivity index (χ0v) is 9.48. The van der Waals surface area contributed by atoms with Crippen molar-refractivity contribution in [3.63, 3.8) is 0 Å². The summed E-state index contributed by atoms with van der Waals surface area (Å²) < 4.78 is 0. The van der Waals surface area contributed by atoms with Crippen LogP contribution in [0.15, 0.2) is 5.16 Å². The third-order valence-electron chi connectivity index (χ3n) is 2.64. The molecule has 16 heavy (non-hydrogen) atoms. The van der Waals surface area contributed by atoms with Crippen molar-refractivity contribution < 1.29 is 10.0 Å². The molecule has 1 aliphatic rings. The monoisotopic (exact) mass is 228 g/mol. The number of rotatable bonds is 6. The van der Waals surface area contributed by atoms with E-state index in [0.29, 0.717) is 6.54 Å². The highest BCUT2D eigenvalue weighted by atomic mass is 16.4. The van der Waals surface area contributed by atoms with Crippen LogP contribution in [0.3, 0.4) is 0 Å².